The van der Waals surface area contributed by atoms with Gasteiger partial charge in [-0.25, -0.2) is 4.98 Å². The van der Waals surface area contributed by atoms with Crippen molar-refractivity contribution in [2.24, 2.45) is 0 Å². The number of ether oxygens (including phenoxy) is 2. The standard InChI is InChI=1S/C14H12ClIN2O3/c1-2-3-9-11(16)14(19)18-13(17-9)7-4-8(15)12-10(5-7)20-6-21-12/h4-5H,2-3,6H2,1H3,(H,17,18,19). The quantitative estimate of drug-likeness (QED) is 0.776. The zero-order valence-electron chi connectivity index (χ0n) is 11.2. The number of H-pyrrole nitrogens is 1. The highest BCUT2D eigenvalue weighted by Gasteiger charge is 2.20. The van der Waals surface area contributed by atoms with Crippen molar-refractivity contribution in [3.8, 4) is 22.9 Å². The number of aromatic amines is 1. The van der Waals surface area contributed by atoms with Gasteiger partial charge < -0.3 is 14.5 Å². The van der Waals surface area contributed by atoms with E-state index in [1.165, 1.54) is 0 Å². The molecule has 0 unspecified atom stereocenters. The van der Waals surface area contributed by atoms with Gasteiger partial charge in [-0.3, -0.25) is 4.79 Å². The van der Waals surface area contributed by atoms with Crippen LogP contribution in [0.4, 0.5) is 0 Å². The van der Waals surface area contributed by atoms with Crippen LogP contribution in [0.5, 0.6) is 11.5 Å². The van der Waals surface area contributed by atoms with Crippen molar-refractivity contribution in [3.05, 3.63) is 36.8 Å². The van der Waals surface area contributed by atoms with Crippen LogP contribution in [-0.2, 0) is 6.42 Å². The Morgan fingerprint density at radius 3 is 3.00 bits per heavy atom. The molecule has 0 bridgehead atoms. The maximum atomic E-state index is 12.0. The van der Waals surface area contributed by atoms with E-state index in [0.717, 1.165) is 18.5 Å². The topological polar surface area (TPSA) is 64.2 Å². The van der Waals surface area contributed by atoms with Gasteiger partial charge in [0, 0.05) is 5.56 Å². The van der Waals surface area contributed by atoms with Crippen molar-refractivity contribution in [2.75, 3.05) is 6.79 Å². The Hall–Kier alpha value is -1.28. The number of halogens is 2. The van der Waals surface area contributed by atoms with Gasteiger partial charge in [0.15, 0.2) is 11.5 Å². The Balaban J connectivity index is 2.13. The van der Waals surface area contributed by atoms with Crippen molar-refractivity contribution in [1.82, 2.24) is 9.97 Å². The predicted octanol–water partition coefficient (Wildman–Crippen LogP) is 3.38. The molecule has 1 aliphatic rings. The van der Waals surface area contributed by atoms with Crippen LogP contribution in [0.15, 0.2) is 16.9 Å². The summed E-state index contributed by atoms with van der Waals surface area (Å²) in [7, 11) is 0. The van der Waals surface area contributed by atoms with Crippen LogP contribution in [0.25, 0.3) is 11.4 Å². The molecule has 0 radical (unpaired) electrons. The SMILES string of the molecule is CCCc1nc(-c2cc(Cl)c3c(c2)OCO3)[nH]c(=O)c1I. The van der Waals surface area contributed by atoms with Crippen LogP contribution in [0, 0.1) is 3.57 Å². The Bertz CT molecular complexity index is 761. The third-order valence-electron chi connectivity index (χ3n) is 3.12. The van der Waals surface area contributed by atoms with Gasteiger partial charge in [-0.05, 0) is 41.1 Å². The first-order chi connectivity index (χ1) is 10.1. The lowest BCUT2D eigenvalue weighted by molar-refractivity contribution is 0.174. The van der Waals surface area contributed by atoms with E-state index in [-0.39, 0.29) is 12.4 Å². The summed E-state index contributed by atoms with van der Waals surface area (Å²) in [6.07, 6.45) is 1.68. The molecule has 110 valence electrons. The molecule has 1 aromatic heterocycles. The monoisotopic (exact) mass is 418 g/mol. The van der Waals surface area contributed by atoms with Gasteiger partial charge in [0.2, 0.25) is 6.79 Å². The third-order valence-corrected chi connectivity index (χ3v) is 4.51. The Kier molecular flexibility index (Phi) is 4.08. The maximum Gasteiger partial charge on any atom is 0.264 e. The highest BCUT2D eigenvalue weighted by atomic mass is 127. The second-order valence-electron chi connectivity index (χ2n) is 4.62. The first-order valence-electron chi connectivity index (χ1n) is 6.48. The number of hydrogen-bond acceptors (Lipinski definition) is 4. The smallest absolute Gasteiger partial charge is 0.264 e. The molecule has 0 spiro atoms. The fourth-order valence-electron chi connectivity index (χ4n) is 2.15. The molecule has 5 nitrogen and oxygen atoms in total. The molecule has 0 aliphatic carbocycles. The number of hydrogen-bond donors (Lipinski definition) is 1. The number of aryl methyl sites for hydroxylation is 1. The molecule has 0 saturated heterocycles. The molecular weight excluding hydrogens is 407 g/mol. The zero-order chi connectivity index (χ0) is 15.0. The summed E-state index contributed by atoms with van der Waals surface area (Å²) in [6, 6.07) is 3.49. The molecule has 7 heteroatoms. The van der Waals surface area contributed by atoms with E-state index in [9.17, 15) is 4.79 Å². The fraction of sp³-hybridized carbons (Fsp3) is 0.286. The zero-order valence-corrected chi connectivity index (χ0v) is 14.1. The van der Waals surface area contributed by atoms with Gasteiger partial charge in [0.25, 0.3) is 5.56 Å². The molecule has 1 aliphatic heterocycles. The van der Waals surface area contributed by atoms with Crippen molar-refractivity contribution in [3.63, 3.8) is 0 Å². The minimum absolute atomic E-state index is 0.141. The van der Waals surface area contributed by atoms with Crippen molar-refractivity contribution >= 4 is 34.2 Å². The van der Waals surface area contributed by atoms with Crippen LogP contribution in [0.1, 0.15) is 19.0 Å². The van der Waals surface area contributed by atoms with Crippen LogP contribution in [0.2, 0.25) is 5.02 Å². The second kappa shape index (κ2) is 5.84. The van der Waals surface area contributed by atoms with Crippen molar-refractivity contribution in [2.45, 2.75) is 19.8 Å². The Labute approximate surface area is 139 Å². The lowest BCUT2D eigenvalue weighted by atomic mass is 10.1. The molecule has 1 N–H and O–H groups in total. The van der Waals surface area contributed by atoms with Gasteiger partial charge in [-0.15, -0.1) is 0 Å². The molecule has 0 fully saturated rings. The minimum atomic E-state index is -0.141. The van der Waals surface area contributed by atoms with Crippen molar-refractivity contribution in [1.29, 1.82) is 0 Å². The highest BCUT2D eigenvalue weighted by molar-refractivity contribution is 14.1. The molecule has 0 saturated carbocycles. The van der Waals surface area contributed by atoms with Gasteiger partial charge in [0.05, 0.1) is 14.3 Å². The summed E-state index contributed by atoms with van der Waals surface area (Å²) in [6.45, 7) is 2.20. The first kappa shape index (κ1) is 14.6. The highest BCUT2D eigenvalue weighted by Crippen LogP contribution is 2.41. The number of nitrogens with zero attached hydrogens (tertiary/aromatic N) is 1. The maximum absolute atomic E-state index is 12.0. The number of rotatable bonds is 3. The molecule has 3 rings (SSSR count). The largest absolute Gasteiger partial charge is 0.454 e. The van der Waals surface area contributed by atoms with E-state index >= 15 is 0 Å². The molecule has 0 amide bonds. The molecular formula is C14H12ClIN2O3. The summed E-state index contributed by atoms with van der Waals surface area (Å²) < 4.78 is 11.3. The first-order valence-corrected chi connectivity index (χ1v) is 7.94. The Morgan fingerprint density at radius 2 is 2.24 bits per heavy atom. The van der Waals surface area contributed by atoms with E-state index in [1.54, 1.807) is 12.1 Å². The van der Waals surface area contributed by atoms with Crippen LogP contribution in [-0.4, -0.2) is 16.8 Å². The van der Waals surface area contributed by atoms with E-state index in [0.29, 0.717) is 31.5 Å². The summed E-state index contributed by atoms with van der Waals surface area (Å²) >= 11 is 8.19. The van der Waals surface area contributed by atoms with Gasteiger partial charge in [0.1, 0.15) is 5.82 Å². The van der Waals surface area contributed by atoms with Gasteiger partial charge in [-0.2, -0.15) is 0 Å². The second-order valence-corrected chi connectivity index (χ2v) is 6.10. The van der Waals surface area contributed by atoms with Crippen LogP contribution < -0.4 is 15.0 Å². The summed E-state index contributed by atoms with van der Waals surface area (Å²) in [5.74, 6) is 1.59. The predicted molar refractivity (Wildman–Crippen MR) is 88.1 cm³/mol. The van der Waals surface area contributed by atoms with E-state index in [4.69, 9.17) is 21.1 Å². The van der Waals surface area contributed by atoms with Crippen LogP contribution in [0.3, 0.4) is 0 Å². The summed E-state index contributed by atoms with van der Waals surface area (Å²) in [5.41, 5.74) is 1.36. The summed E-state index contributed by atoms with van der Waals surface area (Å²) in [5, 5.41) is 0.443. The average molecular weight is 419 g/mol. The molecule has 0 atom stereocenters. The fourth-order valence-corrected chi connectivity index (χ4v) is 2.94. The normalized spacial score (nSPS) is 12.7. The molecule has 1 aromatic carbocycles. The lowest BCUT2D eigenvalue weighted by Crippen LogP contribution is -2.16. The van der Waals surface area contributed by atoms with E-state index in [1.807, 2.05) is 22.6 Å². The molecule has 2 heterocycles. The summed E-state index contributed by atoms with van der Waals surface area (Å²) in [4.78, 5) is 19.4. The number of benzene rings is 1. The molecule has 21 heavy (non-hydrogen) atoms. The number of nitrogens with one attached hydrogen (secondary N) is 1. The number of aromatic nitrogens is 2. The average Bonchev–Trinajstić information content (AvgIpc) is 2.92. The van der Waals surface area contributed by atoms with E-state index < -0.39 is 0 Å². The van der Waals surface area contributed by atoms with E-state index in [2.05, 4.69) is 16.9 Å². The van der Waals surface area contributed by atoms with Crippen molar-refractivity contribution < 1.29 is 9.47 Å². The van der Waals surface area contributed by atoms with Crippen LogP contribution >= 0.6 is 34.2 Å². The molecule has 2 aromatic rings. The van der Waals surface area contributed by atoms with Gasteiger partial charge in [-0.1, -0.05) is 24.9 Å². The third kappa shape index (κ3) is 2.74. The minimum Gasteiger partial charge on any atom is -0.454 e. The lowest BCUT2D eigenvalue weighted by Gasteiger charge is -2.08. The number of fused-ring (bicyclic) bond motifs is 1. The Morgan fingerprint density at radius 1 is 1.43 bits per heavy atom. The van der Waals surface area contributed by atoms with Gasteiger partial charge >= 0.3 is 0 Å².